The van der Waals surface area contributed by atoms with Crippen LogP contribution in [-0.4, -0.2) is 74.9 Å². The average molecular weight is 743 g/mol. The highest BCUT2D eigenvalue weighted by atomic mass is 31.2. The zero-order valence-corrected chi connectivity index (χ0v) is 34.2. The molecule has 1 N–H and O–H groups in total. The van der Waals surface area contributed by atoms with Crippen LogP contribution in [-0.2, 0) is 32.7 Å². The number of esters is 2. The maximum atomic E-state index is 12.6. The third kappa shape index (κ3) is 37.8. The number of phosphoric acid groups is 1. The molecule has 0 aliphatic carbocycles. The molecule has 298 valence electrons. The molecule has 0 saturated carbocycles. The SMILES string of the molecule is CCCC/C=C\C/C=C\CCCCCCCC(=O)O[C@H](COC(=O)CCCCCCC/C=C\CCCCCC)COP(=O)(O)OCC[N+](C)(C)C. The number of quaternary nitrogens is 1. The first-order valence-corrected chi connectivity index (χ1v) is 21.7. The Morgan fingerprint density at radius 1 is 0.608 bits per heavy atom. The second-order valence-electron chi connectivity index (χ2n) is 14.7. The number of hydrogen-bond acceptors (Lipinski definition) is 7. The Morgan fingerprint density at radius 2 is 1.08 bits per heavy atom. The summed E-state index contributed by atoms with van der Waals surface area (Å²) in [6.45, 7) is 4.32. The van der Waals surface area contributed by atoms with Gasteiger partial charge in [0, 0.05) is 12.8 Å². The number of hydrogen-bond donors (Lipinski definition) is 1. The highest BCUT2D eigenvalue weighted by molar-refractivity contribution is 7.47. The van der Waals surface area contributed by atoms with E-state index < -0.39 is 26.5 Å². The fourth-order valence-electron chi connectivity index (χ4n) is 5.14. The molecule has 0 fully saturated rings. The molecule has 0 saturated heterocycles. The third-order valence-corrected chi connectivity index (χ3v) is 9.38. The highest BCUT2D eigenvalue weighted by Gasteiger charge is 2.27. The lowest BCUT2D eigenvalue weighted by atomic mass is 10.1. The van der Waals surface area contributed by atoms with Crippen LogP contribution in [0.25, 0.3) is 0 Å². The first-order valence-electron chi connectivity index (χ1n) is 20.2. The molecular weight excluding hydrogens is 665 g/mol. The van der Waals surface area contributed by atoms with Crippen molar-refractivity contribution in [1.82, 2.24) is 0 Å². The molecule has 2 atom stereocenters. The van der Waals surface area contributed by atoms with Crippen molar-refractivity contribution in [3.05, 3.63) is 36.5 Å². The quantitative estimate of drug-likeness (QED) is 0.0222. The van der Waals surface area contributed by atoms with Gasteiger partial charge in [-0.1, -0.05) is 121 Å². The van der Waals surface area contributed by atoms with Crippen molar-refractivity contribution in [3.63, 3.8) is 0 Å². The van der Waals surface area contributed by atoms with Gasteiger partial charge in [-0.2, -0.15) is 0 Å². The molecule has 0 aromatic carbocycles. The van der Waals surface area contributed by atoms with Crippen LogP contribution < -0.4 is 0 Å². The molecule has 0 aromatic heterocycles. The zero-order valence-electron chi connectivity index (χ0n) is 33.3. The summed E-state index contributed by atoms with van der Waals surface area (Å²) in [6.07, 6.45) is 36.1. The number of ether oxygens (including phenoxy) is 2. The molecular formula is C41H77NO8P+. The monoisotopic (exact) mass is 743 g/mol. The van der Waals surface area contributed by atoms with Crippen LogP contribution in [0.2, 0.25) is 0 Å². The molecule has 0 aromatic rings. The maximum absolute atomic E-state index is 12.6. The molecule has 0 amide bonds. The van der Waals surface area contributed by atoms with Crippen molar-refractivity contribution in [2.24, 2.45) is 0 Å². The lowest BCUT2D eigenvalue weighted by molar-refractivity contribution is -0.870. The molecule has 1 unspecified atom stereocenters. The van der Waals surface area contributed by atoms with E-state index in [0.717, 1.165) is 83.5 Å². The van der Waals surface area contributed by atoms with Gasteiger partial charge in [-0.15, -0.1) is 0 Å². The van der Waals surface area contributed by atoms with E-state index >= 15 is 0 Å². The van der Waals surface area contributed by atoms with E-state index in [4.69, 9.17) is 18.5 Å². The molecule has 51 heavy (non-hydrogen) atoms. The van der Waals surface area contributed by atoms with E-state index in [0.29, 0.717) is 17.4 Å². The minimum absolute atomic E-state index is 0.0271. The molecule has 0 aliphatic heterocycles. The molecule has 0 bridgehead atoms. The molecule has 0 heterocycles. The van der Waals surface area contributed by atoms with Crippen molar-refractivity contribution < 1.29 is 42.1 Å². The van der Waals surface area contributed by atoms with E-state index in [9.17, 15) is 19.0 Å². The van der Waals surface area contributed by atoms with E-state index in [1.807, 2.05) is 21.1 Å². The van der Waals surface area contributed by atoms with Gasteiger partial charge < -0.3 is 18.9 Å². The number of allylic oxidation sites excluding steroid dienone is 6. The van der Waals surface area contributed by atoms with Crippen molar-refractivity contribution in [2.45, 2.75) is 168 Å². The van der Waals surface area contributed by atoms with Crippen molar-refractivity contribution >= 4 is 19.8 Å². The summed E-state index contributed by atoms with van der Waals surface area (Å²) in [5.41, 5.74) is 0. The molecule has 0 spiro atoms. The number of carbonyl (C=O) groups is 2. The predicted octanol–water partition coefficient (Wildman–Crippen LogP) is 11.0. The number of phosphoric ester groups is 1. The van der Waals surface area contributed by atoms with Crippen LogP contribution in [0.1, 0.15) is 162 Å². The van der Waals surface area contributed by atoms with Gasteiger partial charge in [0.25, 0.3) is 0 Å². The van der Waals surface area contributed by atoms with Crippen molar-refractivity contribution in [2.75, 3.05) is 47.5 Å². The minimum atomic E-state index is -4.37. The molecule has 0 aliphatic rings. The summed E-state index contributed by atoms with van der Waals surface area (Å²) < 4.78 is 34.2. The van der Waals surface area contributed by atoms with Crippen LogP contribution in [0.4, 0.5) is 0 Å². The lowest BCUT2D eigenvalue weighted by Gasteiger charge is -2.24. The minimum Gasteiger partial charge on any atom is -0.462 e. The standard InChI is InChI=1S/C41H76NO8P/c1-6-8-10-12-14-16-18-20-22-24-26-28-30-32-34-41(44)50-39(38-49-51(45,46)48-36-35-42(3,4)5)37-47-40(43)33-31-29-27-25-23-21-19-17-15-13-11-9-7-2/h12,14,17-20,39H,6-11,13,15-16,21-38H2,1-5H3/p+1/b14-12-,19-17-,20-18-/t39-/m1/s1. The normalized spacial score (nSPS) is 14.1. The van der Waals surface area contributed by atoms with Crippen LogP contribution in [0, 0.1) is 0 Å². The Hall–Kier alpha value is -1.77. The maximum Gasteiger partial charge on any atom is 0.472 e. The van der Waals surface area contributed by atoms with Gasteiger partial charge in [-0.3, -0.25) is 18.6 Å². The van der Waals surface area contributed by atoms with E-state index in [1.165, 1.54) is 44.9 Å². The van der Waals surface area contributed by atoms with E-state index in [1.54, 1.807) is 0 Å². The summed E-state index contributed by atoms with van der Waals surface area (Å²) >= 11 is 0. The lowest BCUT2D eigenvalue weighted by Crippen LogP contribution is -2.37. The van der Waals surface area contributed by atoms with Crippen LogP contribution >= 0.6 is 7.82 Å². The second kappa shape index (κ2) is 34.0. The number of nitrogens with zero attached hydrogens (tertiary/aromatic N) is 1. The molecule has 9 nitrogen and oxygen atoms in total. The van der Waals surface area contributed by atoms with E-state index in [-0.39, 0.29) is 32.0 Å². The summed E-state index contributed by atoms with van der Waals surface area (Å²) in [7, 11) is 1.46. The van der Waals surface area contributed by atoms with Crippen molar-refractivity contribution in [1.29, 1.82) is 0 Å². The average Bonchev–Trinajstić information content (AvgIpc) is 3.07. The van der Waals surface area contributed by atoms with Gasteiger partial charge in [0.15, 0.2) is 6.10 Å². The summed E-state index contributed by atoms with van der Waals surface area (Å²) in [6, 6.07) is 0. The Labute approximate surface area is 312 Å². The van der Waals surface area contributed by atoms with Crippen LogP contribution in [0.3, 0.4) is 0 Å². The van der Waals surface area contributed by atoms with Gasteiger partial charge >= 0.3 is 19.8 Å². The smallest absolute Gasteiger partial charge is 0.462 e. The second-order valence-corrected chi connectivity index (χ2v) is 16.1. The van der Waals surface area contributed by atoms with Gasteiger partial charge in [-0.25, -0.2) is 4.57 Å². The molecule has 0 radical (unpaired) electrons. The summed E-state index contributed by atoms with van der Waals surface area (Å²) in [5.74, 6) is -0.827. The van der Waals surface area contributed by atoms with E-state index in [2.05, 4.69) is 50.3 Å². The largest absolute Gasteiger partial charge is 0.472 e. The number of rotatable bonds is 36. The van der Waals surface area contributed by atoms with Crippen molar-refractivity contribution in [3.8, 4) is 0 Å². The highest BCUT2D eigenvalue weighted by Crippen LogP contribution is 2.43. The Bertz CT molecular complexity index is 975. The molecule has 10 heteroatoms. The van der Waals surface area contributed by atoms with Crippen LogP contribution in [0.5, 0.6) is 0 Å². The predicted molar refractivity (Wildman–Crippen MR) is 210 cm³/mol. The zero-order chi connectivity index (χ0) is 37.9. The van der Waals surface area contributed by atoms with Gasteiger partial charge in [0.2, 0.25) is 0 Å². The third-order valence-electron chi connectivity index (χ3n) is 8.39. The fraction of sp³-hybridized carbons (Fsp3) is 0.805. The number of carbonyl (C=O) groups excluding carboxylic acids is 2. The first-order chi connectivity index (χ1) is 24.5. The Balaban J connectivity index is 4.46. The number of unbranched alkanes of at least 4 members (excludes halogenated alkanes) is 16. The van der Waals surface area contributed by atoms with Gasteiger partial charge in [0.1, 0.15) is 19.8 Å². The first kappa shape index (κ1) is 49.2. The Kier molecular flexibility index (Phi) is 32.8. The topological polar surface area (TPSA) is 108 Å². The molecule has 0 rings (SSSR count). The summed E-state index contributed by atoms with van der Waals surface area (Å²) in [4.78, 5) is 35.2. The number of likely N-dealkylation sites (N-methyl/N-ethyl adjacent to an activating group) is 1. The van der Waals surface area contributed by atoms with Crippen LogP contribution in [0.15, 0.2) is 36.5 Å². The fourth-order valence-corrected chi connectivity index (χ4v) is 5.88. The van der Waals surface area contributed by atoms with Gasteiger partial charge in [0.05, 0.1) is 27.7 Å². The van der Waals surface area contributed by atoms with Gasteiger partial charge in [-0.05, 0) is 64.2 Å². The Morgan fingerprint density at radius 3 is 1.63 bits per heavy atom. The summed E-state index contributed by atoms with van der Waals surface area (Å²) in [5, 5.41) is 0.